The second kappa shape index (κ2) is 8.86. The molecule has 0 radical (unpaired) electrons. The van der Waals surface area contributed by atoms with Gasteiger partial charge in [-0.05, 0) is 69.5 Å². The van der Waals surface area contributed by atoms with Gasteiger partial charge < -0.3 is 15.1 Å². The van der Waals surface area contributed by atoms with Crippen molar-refractivity contribution in [1.82, 2.24) is 9.80 Å². The van der Waals surface area contributed by atoms with Crippen molar-refractivity contribution >= 4 is 39.8 Å². The van der Waals surface area contributed by atoms with Gasteiger partial charge >= 0.3 is 0 Å². The molecule has 3 heterocycles. The highest BCUT2D eigenvalue weighted by Gasteiger charge is 2.32. The predicted octanol–water partition coefficient (Wildman–Crippen LogP) is 4.66. The molecule has 154 valence electrons. The molecule has 2 fully saturated rings. The minimum Gasteiger partial charge on any atom is -0.334 e. The zero-order chi connectivity index (χ0) is 20.4. The maximum Gasteiger partial charge on any atom is 0.264 e. The molecular weight excluding hydrogens is 406 g/mol. The van der Waals surface area contributed by atoms with Crippen molar-refractivity contribution in [2.75, 3.05) is 31.5 Å². The summed E-state index contributed by atoms with van der Waals surface area (Å²) >= 11 is 7.47. The van der Waals surface area contributed by atoms with Crippen molar-refractivity contribution in [1.29, 1.82) is 0 Å². The van der Waals surface area contributed by atoms with E-state index in [1.807, 2.05) is 17.9 Å². The Hall–Kier alpha value is -1.89. The van der Waals surface area contributed by atoms with Crippen molar-refractivity contribution < 1.29 is 9.59 Å². The van der Waals surface area contributed by atoms with Crippen LogP contribution in [0.15, 0.2) is 30.3 Å². The monoisotopic (exact) mass is 431 g/mol. The van der Waals surface area contributed by atoms with E-state index in [0.717, 1.165) is 44.6 Å². The Bertz CT molecular complexity index is 907. The summed E-state index contributed by atoms with van der Waals surface area (Å²) in [6.07, 6.45) is 4.66. The fourth-order valence-electron chi connectivity index (χ4n) is 4.27. The fraction of sp³-hybridized carbons (Fsp3) is 0.455. The summed E-state index contributed by atoms with van der Waals surface area (Å²) in [6.45, 7) is 6.02. The Morgan fingerprint density at radius 2 is 1.93 bits per heavy atom. The Morgan fingerprint density at radius 1 is 1.17 bits per heavy atom. The van der Waals surface area contributed by atoms with Crippen molar-refractivity contribution in [3.8, 4) is 0 Å². The van der Waals surface area contributed by atoms with E-state index >= 15 is 0 Å². The molecular formula is C22H26ClN3O2S. The number of rotatable bonds is 5. The Kier molecular flexibility index (Phi) is 6.23. The van der Waals surface area contributed by atoms with Crippen LogP contribution in [-0.4, -0.2) is 53.8 Å². The summed E-state index contributed by atoms with van der Waals surface area (Å²) in [5, 5.41) is 3.98. The van der Waals surface area contributed by atoms with Crippen LogP contribution in [-0.2, 0) is 0 Å². The summed E-state index contributed by atoms with van der Waals surface area (Å²) in [7, 11) is 0. The average Bonchev–Trinajstić information content (AvgIpc) is 3.44. The number of amides is 2. The van der Waals surface area contributed by atoms with E-state index in [2.05, 4.69) is 10.2 Å². The third-order valence-electron chi connectivity index (χ3n) is 5.77. The van der Waals surface area contributed by atoms with Crippen LogP contribution in [0.1, 0.15) is 51.3 Å². The Balaban J connectivity index is 1.46. The number of hydrogen-bond donors (Lipinski definition) is 1. The van der Waals surface area contributed by atoms with Gasteiger partial charge in [-0.2, -0.15) is 0 Å². The van der Waals surface area contributed by atoms with E-state index in [0.29, 0.717) is 26.5 Å². The molecule has 5 nitrogen and oxygen atoms in total. The maximum atomic E-state index is 13.3. The predicted molar refractivity (Wildman–Crippen MR) is 118 cm³/mol. The molecule has 2 aromatic rings. The number of benzene rings is 1. The SMILES string of the molecule is Cc1cc(NC(=O)c2ccccc2Cl)sc1C(=O)N1CCCC1CN1CCCC1. The molecule has 0 spiro atoms. The van der Waals surface area contributed by atoms with Gasteiger partial charge in [0.15, 0.2) is 0 Å². The molecule has 2 aliphatic rings. The minimum absolute atomic E-state index is 0.0902. The molecule has 0 saturated carbocycles. The average molecular weight is 432 g/mol. The van der Waals surface area contributed by atoms with E-state index in [9.17, 15) is 9.59 Å². The largest absolute Gasteiger partial charge is 0.334 e. The molecule has 0 aliphatic carbocycles. The van der Waals surface area contributed by atoms with Crippen LogP contribution in [0.25, 0.3) is 0 Å². The van der Waals surface area contributed by atoms with Gasteiger partial charge in [0.2, 0.25) is 0 Å². The van der Waals surface area contributed by atoms with Gasteiger partial charge in [-0.25, -0.2) is 0 Å². The molecule has 7 heteroatoms. The van der Waals surface area contributed by atoms with E-state index < -0.39 is 0 Å². The second-order valence-electron chi connectivity index (χ2n) is 7.86. The molecule has 1 aromatic carbocycles. The number of nitrogens with one attached hydrogen (secondary N) is 1. The molecule has 2 aliphatic heterocycles. The molecule has 1 aromatic heterocycles. The molecule has 2 amide bonds. The Labute approximate surface area is 180 Å². The number of carbonyl (C=O) groups is 2. The van der Waals surface area contributed by atoms with E-state index in [1.54, 1.807) is 24.3 Å². The van der Waals surface area contributed by atoms with Crippen LogP contribution in [0.4, 0.5) is 5.00 Å². The molecule has 29 heavy (non-hydrogen) atoms. The highest BCUT2D eigenvalue weighted by molar-refractivity contribution is 7.18. The van der Waals surface area contributed by atoms with E-state index in [4.69, 9.17) is 11.6 Å². The molecule has 1 unspecified atom stereocenters. The van der Waals surface area contributed by atoms with Crippen LogP contribution in [0.3, 0.4) is 0 Å². The number of likely N-dealkylation sites (tertiary alicyclic amines) is 2. The van der Waals surface area contributed by atoms with E-state index in [-0.39, 0.29) is 11.8 Å². The van der Waals surface area contributed by atoms with Crippen molar-refractivity contribution in [2.45, 2.75) is 38.6 Å². The van der Waals surface area contributed by atoms with Gasteiger partial charge in [0.1, 0.15) is 0 Å². The van der Waals surface area contributed by atoms with Gasteiger partial charge in [0.05, 0.1) is 20.5 Å². The number of nitrogens with zero attached hydrogens (tertiary/aromatic N) is 2. The number of aryl methyl sites for hydroxylation is 1. The number of carbonyl (C=O) groups excluding carboxylic acids is 2. The molecule has 1 N–H and O–H groups in total. The van der Waals surface area contributed by atoms with Gasteiger partial charge in [-0.3, -0.25) is 9.59 Å². The van der Waals surface area contributed by atoms with E-state index in [1.165, 1.54) is 24.2 Å². The smallest absolute Gasteiger partial charge is 0.264 e. The topological polar surface area (TPSA) is 52.7 Å². The highest BCUT2D eigenvalue weighted by Crippen LogP contribution is 2.31. The molecule has 2 saturated heterocycles. The standard InChI is InChI=1S/C22H26ClN3O2S/c1-15-13-19(24-21(27)17-8-2-3-9-18(17)23)29-20(15)22(28)26-12-6-7-16(26)14-25-10-4-5-11-25/h2-3,8-9,13,16H,4-7,10-12,14H2,1H3,(H,24,27). The number of hydrogen-bond acceptors (Lipinski definition) is 4. The summed E-state index contributed by atoms with van der Waals surface area (Å²) < 4.78 is 0. The number of anilines is 1. The molecule has 4 rings (SSSR count). The van der Waals surface area contributed by atoms with Crippen LogP contribution >= 0.6 is 22.9 Å². The number of thiophene rings is 1. The molecule has 1 atom stereocenters. The second-order valence-corrected chi connectivity index (χ2v) is 9.32. The zero-order valence-corrected chi connectivity index (χ0v) is 18.2. The van der Waals surface area contributed by atoms with Crippen molar-refractivity contribution in [2.24, 2.45) is 0 Å². The zero-order valence-electron chi connectivity index (χ0n) is 16.6. The number of halogens is 1. The first-order valence-corrected chi connectivity index (χ1v) is 11.4. The lowest BCUT2D eigenvalue weighted by atomic mass is 10.2. The summed E-state index contributed by atoms with van der Waals surface area (Å²) in [5.74, 6) is -0.170. The first-order valence-electron chi connectivity index (χ1n) is 10.2. The highest BCUT2D eigenvalue weighted by atomic mass is 35.5. The fourth-order valence-corrected chi connectivity index (χ4v) is 5.51. The minimum atomic E-state index is -0.260. The lowest BCUT2D eigenvalue weighted by Gasteiger charge is -2.28. The van der Waals surface area contributed by atoms with Gasteiger partial charge in [-0.15, -0.1) is 11.3 Å². The third-order valence-corrected chi connectivity index (χ3v) is 7.24. The van der Waals surface area contributed by atoms with Gasteiger partial charge in [0.25, 0.3) is 11.8 Å². The lowest BCUT2D eigenvalue weighted by molar-refractivity contribution is 0.0713. The first-order chi connectivity index (χ1) is 14.0. The van der Waals surface area contributed by atoms with Crippen LogP contribution in [0, 0.1) is 6.92 Å². The van der Waals surface area contributed by atoms with Gasteiger partial charge in [-0.1, -0.05) is 23.7 Å². The normalized spacial score (nSPS) is 19.7. The van der Waals surface area contributed by atoms with Crippen molar-refractivity contribution in [3.63, 3.8) is 0 Å². The Morgan fingerprint density at radius 3 is 2.69 bits per heavy atom. The summed E-state index contributed by atoms with van der Waals surface area (Å²) in [5.41, 5.74) is 1.33. The van der Waals surface area contributed by atoms with Crippen LogP contribution < -0.4 is 5.32 Å². The molecule has 0 bridgehead atoms. The quantitative estimate of drug-likeness (QED) is 0.748. The maximum absolute atomic E-state index is 13.3. The van der Waals surface area contributed by atoms with Crippen LogP contribution in [0.2, 0.25) is 5.02 Å². The summed E-state index contributed by atoms with van der Waals surface area (Å²) in [4.78, 5) is 31.0. The summed E-state index contributed by atoms with van der Waals surface area (Å²) in [6, 6.07) is 9.13. The van der Waals surface area contributed by atoms with Crippen molar-refractivity contribution in [3.05, 3.63) is 51.4 Å². The third kappa shape index (κ3) is 4.49. The van der Waals surface area contributed by atoms with Gasteiger partial charge in [0, 0.05) is 19.1 Å². The lowest BCUT2D eigenvalue weighted by Crippen LogP contribution is -2.42. The van der Waals surface area contributed by atoms with Crippen LogP contribution in [0.5, 0.6) is 0 Å². The first kappa shape index (κ1) is 20.4.